The van der Waals surface area contributed by atoms with Gasteiger partial charge in [0.15, 0.2) is 11.5 Å². The van der Waals surface area contributed by atoms with Crippen molar-refractivity contribution < 1.29 is 9.47 Å². The molecular weight excluding hydrogens is 276 g/mol. The molecular formula is C15H15ClN2O2. The predicted molar refractivity (Wildman–Crippen MR) is 79.0 cm³/mol. The Kier molecular flexibility index (Phi) is 2.67. The van der Waals surface area contributed by atoms with Crippen LogP contribution in [0.2, 0.25) is 0 Å². The first-order valence-electron chi connectivity index (χ1n) is 6.82. The van der Waals surface area contributed by atoms with Crippen LogP contribution < -0.4 is 14.8 Å². The molecule has 2 aromatic rings. The van der Waals surface area contributed by atoms with E-state index in [0.717, 1.165) is 40.9 Å². The van der Waals surface area contributed by atoms with Gasteiger partial charge in [-0.15, -0.1) is 11.6 Å². The summed E-state index contributed by atoms with van der Waals surface area (Å²) in [7, 11) is 0. The molecule has 0 spiro atoms. The molecule has 4 rings (SSSR count). The van der Waals surface area contributed by atoms with Crippen LogP contribution in [0.4, 0.5) is 5.82 Å². The summed E-state index contributed by atoms with van der Waals surface area (Å²) in [5.74, 6) is 3.07. The number of rotatable bonds is 3. The average Bonchev–Trinajstić information content (AvgIpc) is 3.26. The number of benzene rings is 1. The first-order chi connectivity index (χ1) is 9.80. The third kappa shape index (κ3) is 1.95. The Labute approximate surface area is 122 Å². The van der Waals surface area contributed by atoms with E-state index in [1.165, 1.54) is 0 Å². The SMILES string of the molecule is ClCC1(Nc2nccc3cc4c(cc23)OCCO4)CC1. The van der Waals surface area contributed by atoms with E-state index in [2.05, 4.69) is 10.3 Å². The molecule has 2 aliphatic rings. The van der Waals surface area contributed by atoms with E-state index in [0.29, 0.717) is 19.1 Å². The number of fused-ring (bicyclic) bond motifs is 2. The van der Waals surface area contributed by atoms with Crippen molar-refractivity contribution in [3.8, 4) is 11.5 Å². The quantitative estimate of drug-likeness (QED) is 0.882. The molecule has 0 radical (unpaired) electrons. The highest BCUT2D eigenvalue weighted by molar-refractivity contribution is 6.19. The standard InChI is InChI=1S/C15H15ClN2O2/c16-9-15(2-3-15)18-14-11-8-13-12(19-5-6-20-13)7-10(11)1-4-17-14/h1,4,7-8H,2-3,5-6,9H2,(H,17,18). The van der Waals surface area contributed by atoms with Crippen LogP contribution in [0.3, 0.4) is 0 Å². The summed E-state index contributed by atoms with van der Waals surface area (Å²) in [6, 6.07) is 6.00. The molecule has 1 aliphatic heterocycles. The normalized spacial score (nSPS) is 18.9. The van der Waals surface area contributed by atoms with Gasteiger partial charge < -0.3 is 14.8 Å². The Morgan fingerprint density at radius 1 is 1.20 bits per heavy atom. The minimum atomic E-state index is 0.0239. The maximum Gasteiger partial charge on any atom is 0.162 e. The second-order valence-electron chi connectivity index (χ2n) is 5.42. The largest absolute Gasteiger partial charge is 0.486 e. The van der Waals surface area contributed by atoms with Gasteiger partial charge >= 0.3 is 0 Å². The average molecular weight is 291 g/mol. The highest BCUT2D eigenvalue weighted by Crippen LogP contribution is 2.42. The van der Waals surface area contributed by atoms with Crippen LogP contribution in [0.15, 0.2) is 24.4 Å². The van der Waals surface area contributed by atoms with Crippen molar-refractivity contribution in [2.24, 2.45) is 0 Å². The Morgan fingerprint density at radius 3 is 2.65 bits per heavy atom. The van der Waals surface area contributed by atoms with E-state index in [1.54, 1.807) is 0 Å². The zero-order valence-electron chi connectivity index (χ0n) is 11.0. The van der Waals surface area contributed by atoms with E-state index < -0.39 is 0 Å². The van der Waals surface area contributed by atoms with Crippen LogP contribution in [0.1, 0.15) is 12.8 Å². The van der Waals surface area contributed by atoms with Crippen LogP contribution in [0, 0.1) is 0 Å². The fraction of sp³-hybridized carbons (Fsp3) is 0.400. The van der Waals surface area contributed by atoms with E-state index in [1.807, 2.05) is 24.4 Å². The number of hydrogen-bond donors (Lipinski definition) is 1. The summed E-state index contributed by atoms with van der Waals surface area (Å²) >= 11 is 6.04. The molecule has 0 unspecified atom stereocenters. The monoisotopic (exact) mass is 290 g/mol. The Morgan fingerprint density at radius 2 is 1.95 bits per heavy atom. The van der Waals surface area contributed by atoms with Crippen molar-refractivity contribution in [2.75, 3.05) is 24.4 Å². The Balaban J connectivity index is 1.80. The lowest BCUT2D eigenvalue weighted by molar-refractivity contribution is 0.172. The van der Waals surface area contributed by atoms with E-state index >= 15 is 0 Å². The number of alkyl halides is 1. The van der Waals surface area contributed by atoms with Crippen LogP contribution in [0.25, 0.3) is 10.8 Å². The number of aromatic nitrogens is 1. The number of pyridine rings is 1. The van der Waals surface area contributed by atoms with E-state index in [-0.39, 0.29) is 5.54 Å². The molecule has 0 atom stereocenters. The van der Waals surface area contributed by atoms with Gasteiger partial charge in [0.2, 0.25) is 0 Å². The molecule has 1 fully saturated rings. The maximum absolute atomic E-state index is 6.04. The molecule has 5 heteroatoms. The smallest absolute Gasteiger partial charge is 0.162 e. The van der Waals surface area contributed by atoms with Crippen molar-refractivity contribution in [3.05, 3.63) is 24.4 Å². The van der Waals surface area contributed by atoms with Gasteiger partial charge in [-0.25, -0.2) is 4.98 Å². The molecule has 1 aromatic carbocycles. The number of ether oxygens (including phenoxy) is 2. The second kappa shape index (κ2) is 4.42. The van der Waals surface area contributed by atoms with Gasteiger partial charge in [0.05, 0.1) is 5.54 Å². The molecule has 20 heavy (non-hydrogen) atoms. The number of halogens is 1. The fourth-order valence-electron chi connectivity index (χ4n) is 2.50. The molecule has 0 bridgehead atoms. The summed E-state index contributed by atoms with van der Waals surface area (Å²) in [5, 5.41) is 5.63. The van der Waals surface area contributed by atoms with Crippen molar-refractivity contribution in [1.82, 2.24) is 4.98 Å². The van der Waals surface area contributed by atoms with Crippen LogP contribution in [0.5, 0.6) is 11.5 Å². The number of anilines is 1. The Bertz CT molecular complexity index is 670. The minimum Gasteiger partial charge on any atom is -0.486 e. The van der Waals surface area contributed by atoms with Crippen molar-refractivity contribution in [1.29, 1.82) is 0 Å². The first-order valence-corrected chi connectivity index (χ1v) is 7.36. The lowest BCUT2D eigenvalue weighted by Crippen LogP contribution is -2.23. The predicted octanol–water partition coefficient (Wildman–Crippen LogP) is 3.19. The highest BCUT2D eigenvalue weighted by atomic mass is 35.5. The van der Waals surface area contributed by atoms with Crippen LogP contribution >= 0.6 is 11.6 Å². The lowest BCUT2D eigenvalue weighted by atomic mass is 10.1. The summed E-state index contributed by atoms with van der Waals surface area (Å²) < 4.78 is 11.3. The van der Waals surface area contributed by atoms with Gasteiger partial charge in [0.1, 0.15) is 19.0 Å². The molecule has 1 N–H and O–H groups in total. The van der Waals surface area contributed by atoms with Gasteiger partial charge in [-0.1, -0.05) is 0 Å². The molecule has 1 aromatic heterocycles. The summed E-state index contributed by atoms with van der Waals surface area (Å²) in [5.41, 5.74) is 0.0239. The molecule has 1 aliphatic carbocycles. The second-order valence-corrected chi connectivity index (χ2v) is 5.68. The van der Waals surface area contributed by atoms with E-state index in [4.69, 9.17) is 21.1 Å². The number of nitrogens with zero attached hydrogens (tertiary/aromatic N) is 1. The molecule has 104 valence electrons. The van der Waals surface area contributed by atoms with Crippen LogP contribution in [-0.4, -0.2) is 29.6 Å². The van der Waals surface area contributed by atoms with Gasteiger partial charge in [-0.2, -0.15) is 0 Å². The number of nitrogens with one attached hydrogen (secondary N) is 1. The van der Waals surface area contributed by atoms with Gasteiger partial charge in [0.25, 0.3) is 0 Å². The fourth-order valence-corrected chi connectivity index (χ4v) is 2.84. The van der Waals surface area contributed by atoms with Gasteiger partial charge in [-0.05, 0) is 36.4 Å². The molecule has 4 nitrogen and oxygen atoms in total. The third-order valence-electron chi connectivity index (χ3n) is 3.92. The topological polar surface area (TPSA) is 43.4 Å². The van der Waals surface area contributed by atoms with Crippen molar-refractivity contribution in [3.63, 3.8) is 0 Å². The minimum absolute atomic E-state index is 0.0239. The van der Waals surface area contributed by atoms with Crippen molar-refractivity contribution in [2.45, 2.75) is 18.4 Å². The van der Waals surface area contributed by atoms with Gasteiger partial charge in [-0.3, -0.25) is 0 Å². The molecule has 2 heterocycles. The highest BCUT2D eigenvalue weighted by Gasteiger charge is 2.42. The van der Waals surface area contributed by atoms with Crippen molar-refractivity contribution >= 4 is 28.2 Å². The van der Waals surface area contributed by atoms with E-state index in [9.17, 15) is 0 Å². The lowest BCUT2D eigenvalue weighted by Gasteiger charge is -2.21. The molecule has 0 amide bonds. The zero-order valence-corrected chi connectivity index (χ0v) is 11.7. The first kappa shape index (κ1) is 12.1. The Hall–Kier alpha value is -1.68. The molecule has 0 saturated heterocycles. The zero-order chi connectivity index (χ0) is 13.6. The summed E-state index contributed by atoms with van der Waals surface area (Å²) in [4.78, 5) is 4.46. The number of hydrogen-bond acceptors (Lipinski definition) is 4. The summed E-state index contributed by atoms with van der Waals surface area (Å²) in [6.45, 7) is 1.19. The maximum atomic E-state index is 6.04. The van der Waals surface area contributed by atoms with Crippen LogP contribution in [-0.2, 0) is 0 Å². The van der Waals surface area contributed by atoms with Gasteiger partial charge in [0, 0.05) is 17.5 Å². The summed E-state index contributed by atoms with van der Waals surface area (Å²) in [6.07, 6.45) is 4.00. The third-order valence-corrected chi connectivity index (χ3v) is 4.43. The molecule has 1 saturated carbocycles.